The Morgan fingerprint density at radius 2 is 1.88 bits per heavy atom. The maximum Gasteiger partial charge on any atom is 0.242 e. The number of hydrogen-bond donors (Lipinski definition) is 3. The first kappa shape index (κ1) is 22.5. The normalized spacial score (nSPS) is 24.1. The van der Waals surface area contributed by atoms with Crippen molar-refractivity contribution in [2.75, 3.05) is 6.61 Å². The molecule has 3 aromatic rings. The second kappa shape index (κ2) is 9.52. The number of phenols is 1. The lowest BCUT2D eigenvalue weighted by Crippen LogP contribution is -2.41. The fourth-order valence-corrected chi connectivity index (χ4v) is 5.06. The van der Waals surface area contributed by atoms with Crippen molar-refractivity contribution in [3.63, 3.8) is 0 Å². The number of aromatic hydroxyl groups is 1. The van der Waals surface area contributed by atoms with Gasteiger partial charge < -0.3 is 19.2 Å². The van der Waals surface area contributed by atoms with Gasteiger partial charge in [-0.3, -0.25) is 4.79 Å². The van der Waals surface area contributed by atoms with Gasteiger partial charge in [-0.05, 0) is 48.2 Å². The second-order valence-corrected chi connectivity index (χ2v) is 9.47. The van der Waals surface area contributed by atoms with Crippen LogP contribution in [0.3, 0.4) is 0 Å². The van der Waals surface area contributed by atoms with Crippen molar-refractivity contribution in [1.29, 1.82) is 0 Å². The first-order valence-corrected chi connectivity index (χ1v) is 11.9. The number of carbonyl (C=O) groups excluding carboxylic acids is 1. The summed E-state index contributed by atoms with van der Waals surface area (Å²) in [6.45, 7) is 5.37. The molecule has 7 heteroatoms. The summed E-state index contributed by atoms with van der Waals surface area (Å²) < 4.78 is 11.6. The Morgan fingerprint density at radius 3 is 2.65 bits per heavy atom. The van der Waals surface area contributed by atoms with Crippen LogP contribution in [0.1, 0.15) is 49.2 Å². The minimum Gasteiger partial charge on any atom is -0.508 e. The van der Waals surface area contributed by atoms with Gasteiger partial charge in [-0.15, -0.1) is 0 Å². The monoisotopic (exact) mass is 461 g/mol. The third-order valence-corrected chi connectivity index (χ3v) is 6.76. The molecule has 34 heavy (non-hydrogen) atoms. The third-order valence-electron chi connectivity index (χ3n) is 6.76. The first-order valence-electron chi connectivity index (χ1n) is 11.9. The van der Waals surface area contributed by atoms with Crippen LogP contribution in [-0.2, 0) is 11.3 Å². The van der Waals surface area contributed by atoms with E-state index < -0.39 is 6.04 Å². The van der Waals surface area contributed by atoms with E-state index in [-0.39, 0.29) is 29.7 Å². The van der Waals surface area contributed by atoms with E-state index in [2.05, 4.69) is 24.7 Å². The number of nitrogens with one attached hydrogen (secondary N) is 2. The summed E-state index contributed by atoms with van der Waals surface area (Å²) in [6, 6.07) is 18.1. The molecule has 4 atom stereocenters. The molecule has 0 saturated carbocycles. The highest BCUT2D eigenvalue weighted by Crippen LogP contribution is 2.49. The first-order chi connectivity index (χ1) is 16.5. The average Bonchev–Trinajstić information content (AvgIpc) is 3.54. The number of fused-ring (bicyclic) bond motifs is 1. The van der Waals surface area contributed by atoms with Gasteiger partial charge in [0.15, 0.2) is 0 Å². The zero-order valence-electron chi connectivity index (χ0n) is 19.5. The van der Waals surface area contributed by atoms with Gasteiger partial charge in [0.05, 0.1) is 31.5 Å². The fourth-order valence-electron chi connectivity index (χ4n) is 5.06. The Bertz CT molecular complexity index is 1130. The maximum atomic E-state index is 13.6. The highest BCUT2D eigenvalue weighted by atomic mass is 16.5. The van der Waals surface area contributed by atoms with Crippen molar-refractivity contribution in [2.45, 2.75) is 44.9 Å². The Morgan fingerprint density at radius 1 is 1.06 bits per heavy atom. The molecule has 0 spiro atoms. The smallest absolute Gasteiger partial charge is 0.242 e. The number of benzene rings is 2. The summed E-state index contributed by atoms with van der Waals surface area (Å²) in [5, 5.41) is 10.6. The Hall–Kier alpha value is -3.29. The predicted octanol–water partition coefficient (Wildman–Crippen LogP) is 4.33. The molecule has 2 aromatic carbocycles. The minimum atomic E-state index is -0.421. The molecular weight excluding hydrogens is 430 g/mol. The molecule has 4 unspecified atom stereocenters. The van der Waals surface area contributed by atoms with Gasteiger partial charge in [-0.25, -0.2) is 10.9 Å². The molecule has 3 N–H and O–H groups in total. The number of likely N-dealkylation sites (tertiary alicyclic amines) is 1. The summed E-state index contributed by atoms with van der Waals surface area (Å²) in [4.78, 5) is 15.5. The van der Waals surface area contributed by atoms with Crippen molar-refractivity contribution in [3.8, 4) is 11.5 Å². The van der Waals surface area contributed by atoms with Crippen LogP contribution in [0.5, 0.6) is 11.5 Å². The number of amides is 1. The summed E-state index contributed by atoms with van der Waals surface area (Å²) in [5.74, 6) is 2.17. The van der Waals surface area contributed by atoms with Crippen molar-refractivity contribution in [3.05, 3.63) is 83.8 Å². The molecule has 3 heterocycles. The molecule has 2 fully saturated rings. The van der Waals surface area contributed by atoms with Crippen molar-refractivity contribution in [2.24, 2.45) is 11.8 Å². The summed E-state index contributed by atoms with van der Waals surface area (Å²) in [7, 11) is 0. The van der Waals surface area contributed by atoms with Crippen molar-refractivity contribution < 1.29 is 19.1 Å². The Labute approximate surface area is 199 Å². The van der Waals surface area contributed by atoms with Gasteiger partial charge in [0.2, 0.25) is 5.91 Å². The van der Waals surface area contributed by atoms with Crippen LogP contribution >= 0.6 is 0 Å². The van der Waals surface area contributed by atoms with Gasteiger partial charge in [-0.2, -0.15) is 0 Å². The van der Waals surface area contributed by atoms with Crippen LogP contribution in [0, 0.1) is 11.8 Å². The number of hydrogen-bond acceptors (Lipinski definition) is 6. The number of para-hydroxylation sites is 1. The Kier molecular flexibility index (Phi) is 6.30. The van der Waals surface area contributed by atoms with Crippen molar-refractivity contribution >= 4 is 5.91 Å². The molecule has 0 radical (unpaired) electrons. The number of rotatable bonds is 8. The molecule has 1 aromatic heterocycles. The summed E-state index contributed by atoms with van der Waals surface area (Å²) >= 11 is 0. The van der Waals surface area contributed by atoms with Crippen LogP contribution in [-0.4, -0.2) is 28.6 Å². The molecule has 0 aliphatic carbocycles. The molecule has 7 nitrogen and oxygen atoms in total. The lowest BCUT2D eigenvalue weighted by Gasteiger charge is -2.31. The van der Waals surface area contributed by atoms with Gasteiger partial charge in [0, 0.05) is 11.5 Å². The minimum absolute atomic E-state index is 0.00273. The topological polar surface area (TPSA) is 87.0 Å². The number of nitrogens with zero attached hydrogens (tertiary/aromatic N) is 1. The zero-order valence-corrected chi connectivity index (χ0v) is 19.5. The molecular formula is C27H31N3O4. The second-order valence-electron chi connectivity index (χ2n) is 9.47. The van der Waals surface area contributed by atoms with E-state index in [1.54, 1.807) is 18.4 Å². The average molecular weight is 462 g/mol. The van der Waals surface area contributed by atoms with Gasteiger partial charge in [0.1, 0.15) is 23.3 Å². The highest BCUT2D eigenvalue weighted by Gasteiger charge is 2.56. The molecule has 5 rings (SSSR count). The standard InChI is InChI=1S/C27H31N3O4/c1-17(2)12-14-34-19-8-5-7-18(15-19)26-23-24(21-10-3-4-11-22(21)31)28-29-25(23)27(32)30(26)16-20-9-6-13-33-20/h3-11,13,15,17,23-26,28-29,31H,12,14,16H2,1-2H3. The van der Waals surface area contributed by atoms with E-state index >= 15 is 0 Å². The van der Waals surface area contributed by atoms with E-state index in [0.29, 0.717) is 19.1 Å². The SMILES string of the molecule is CC(C)CCOc1cccc(C2C3C(NNC3c3ccccc3O)C(=O)N2Cc2ccco2)c1. The number of phenolic OH excluding ortho intramolecular Hbond substituents is 1. The van der Waals surface area contributed by atoms with Crippen LogP contribution in [0.4, 0.5) is 0 Å². The summed E-state index contributed by atoms with van der Waals surface area (Å²) in [6.07, 6.45) is 2.60. The molecule has 2 aliphatic heterocycles. The quantitative estimate of drug-likeness (QED) is 0.463. The number of ether oxygens (including phenoxy) is 1. The van der Waals surface area contributed by atoms with E-state index in [4.69, 9.17) is 9.15 Å². The third kappa shape index (κ3) is 4.29. The zero-order chi connectivity index (χ0) is 23.7. The molecule has 0 bridgehead atoms. The van der Waals surface area contributed by atoms with Crippen molar-refractivity contribution in [1.82, 2.24) is 15.8 Å². The van der Waals surface area contributed by atoms with E-state index in [1.165, 1.54) is 0 Å². The van der Waals surface area contributed by atoms with Crippen LogP contribution in [0.2, 0.25) is 0 Å². The molecule has 2 saturated heterocycles. The van der Waals surface area contributed by atoms with E-state index in [9.17, 15) is 9.90 Å². The van der Waals surface area contributed by atoms with Gasteiger partial charge >= 0.3 is 0 Å². The number of carbonyl (C=O) groups is 1. The summed E-state index contributed by atoms with van der Waals surface area (Å²) in [5.41, 5.74) is 8.24. The molecule has 178 valence electrons. The number of furan rings is 1. The van der Waals surface area contributed by atoms with Gasteiger partial charge in [-0.1, -0.05) is 44.2 Å². The highest BCUT2D eigenvalue weighted by molar-refractivity contribution is 5.86. The Balaban J connectivity index is 1.51. The van der Waals surface area contributed by atoms with Crippen LogP contribution in [0.25, 0.3) is 0 Å². The molecule has 1 amide bonds. The van der Waals surface area contributed by atoms with Crippen LogP contribution < -0.4 is 15.6 Å². The maximum absolute atomic E-state index is 13.6. The van der Waals surface area contributed by atoms with E-state index in [1.807, 2.05) is 53.4 Å². The lowest BCUT2D eigenvalue weighted by molar-refractivity contribution is -0.131. The van der Waals surface area contributed by atoms with Gasteiger partial charge in [0.25, 0.3) is 0 Å². The number of hydrazine groups is 1. The predicted molar refractivity (Wildman–Crippen MR) is 128 cm³/mol. The molecule has 2 aliphatic rings. The van der Waals surface area contributed by atoms with Crippen LogP contribution in [0.15, 0.2) is 71.3 Å². The fraction of sp³-hybridized carbons (Fsp3) is 0.370. The largest absolute Gasteiger partial charge is 0.508 e. The van der Waals surface area contributed by atoms with E-state index in [0.717, 1.165) is 29.1 Å². The lowest BCUT2D eigenvalue weighted by atomic mass is 9.83.